The Morgan fingerprint density at radius 3 is 1.63 bits per heavy atom. The van der Waals surface area contributed by atoms with Crippen molar-refractivity contribution < 1.29 is 0 Å². The summed E-state index contributed by atoms with van der Waals surface area (Å²) in [4.78, 5) is 12.4. The zero-order valence-electron chi connectivity index (χ0n) is 43.5. The summed E-state index contributed by atoms with van der Waals surface area (Å²) in [5.74, 6) is 2.37. The Bertz CT molecular complexity index is 4700. The summed E-state index contributed by atoms with van der Waals surface area (Å²) in [6, 6.07) is 76.6. The molecule has 0 radical (unpaired) electrons. The number of para-hydroxylation sites is 5. The molecule has 14 aromatic rings. The van der Waals surface area contributed by atoms with Crippen LogP contribution in [0.15, 0.2) is 253 Å². The molecule has 6 aromatic heterocycles. The number of pyridine rings is 2. The van der Waals surface area contributed by atoms with E-state index < -0.39 is 0 Å². The highest BCUT2D eigenvalue weighted by Gasteiger charge is 2.22. The second-order valence-electron chi connectivity index (χ2n) is 20.7. The van der Waals surface area contributed by atoms with Crippen molar-refractivity contribution in [2.45, 2.75) is 29.6 Å². The lowest BCUT2D eigenvalue weighted by atomic mass is 9.93. The molecule has 0 saturated carbocycles. The molecule has 0 amide bonds. The summed E-state index contributed by atoms with van der Waals surface area (Å²) in [5, 5.41) is 7.38. The van der Waals surface area contributed by atoms with Crippen LogP contribution in [0.25, 0.3) is 118 Å². The first kappa shape index (κ1) is 46.6. The monoisotopic (exact) mass is 1030 g/mol. The Morgan fingerprint density at radius 1 is 0.494 bits per heavy atom. The topological polar surface area (TPSA) is 45.5 Å². The summed E-state index contributed by atoms with van der Waals surface area (Å²) in [6.07, 6.45) is 16.9. The predicted molar refractivity (Wildman–Crippen MR) is 332 cm³/mol. The first-order chi connectivity index (χ1) is 39.0. The molecule has 0 saturated heterocycles. The van der Waals surface area contributed by atoms with Crippen LogP contribution in [0.5, 0.6) is 0 Å². The Morgan fingerprint density at radius 2 is 1.01 bits per heavy atom. The molecule has 0 aliphatic heterocycles. The van der Waals surface area contributed by atoms with Gasteiger partial charge in [-0.05, 0) is 157 Å². The molecule has 0 fully saturated rings. The first-order valence-corrected chi connectivity index (χ1v) is 27.9. The highest BCUT2D eigenvalue weighted by atomic mass is 32.2. The van der Waals surface area contributed by atoms with E-state index in [-0.39, 0.29) is 0 Å². The van der Waals surface area contributed by atoms with Crippen molar-refractivity contribution in [1.82, 2.24) is 28.2 Å². The van der Waals surface area contributed by atoms with Crippen LogP contribution in [0.1, 0.15) is 35.0 Å². The van der Waals surface area contributed by atoms with E-state index in [0.717, 1.165) is 80.3 Å². The summed E-state index contributed by atoms with van der Waals surface area (Å²) in [7, 11) is 0. The van der Waals surface area contributed by atoms with Crippen LogP contribution >= 0.6 is 11.8 Å². The van der Waals surface area contributed by atoms with Crippen LogP contribution < -0.4 is 0 Å². The number of nitrogens with zero attached hydrogens (tertiary/aromatic N) is 6. The second kappa shape index (κ2) is 19.1. The first-order valence-electron chi connectivity index (χ1n) is 27.1. The summed E-state index contributed by atoms with van der Waals surface area (Å²) in [6.45, 7) is 6.57. The van der Waals surface area contributed by atoms with Crippen LogP contribution in [-0.4, -0.2) is 28.2 Å². The van der Waals surface area contributed by atoms with Crippen molar-refractivity contribution in [1.29, 1.82) is 0 Å². The Labute approximate surface area is 462 Å². The molecule has 0 bridgehead atoms. The fourth-order valence-electron chi connectivity index (χ4n) is 12.3. The van der Waals surface area contributed by atoms with E-state index in [2.05, 4.69) is 268 Å². The molecule has 1 unspecified atom stereocenters. The molecule has 6 nitrogen and oxygen atoms in total. The quantitative estimate of drug-likeness (QED) is 0.130. The molecule has 0 spiro atoms. The highest BCUT2D eigenvalue weighted by molar-refractivity contribution is 7.99. The van der Waals surface area contributed by atoms with Gasteiger partial charge in [-0.2, -0.15) is 0 Å². The zero-order chi connectivity index (χ0) is 52.6. The second-order valence-corrected chi connectivity index (χ2v) is 21.8. The fourth-order valence-corrected chi connectivity index (χ4v) is 13.1. The maximum Gasteiger partial charge on any atom is 0.137 e. The van der Waals surface area contributed by atoms with Crippen molar-refractivity contribution in [3.63, 3.8) is 0 Å². The lowest BCUT2D eigenvalue weighted by molar-refractivity contribution is 0.717. The summed E-state index contributed by atoms with van der Waals surface area (Å²) < 4.78 is 9.32. The molecule has 1 aliphatic rings. The van der Waals surface area contributed by atoms with Gasteiger partial charge in [0.25, 0.3) is 0 Å². The molecule has 0 N–H and O–H groups in total. The van der Waals surface area contributed by atoms with Gasteiger partial charge in [-0.25, -0.2) is 9.97 Å². The molecule has 79 heavy (non-hydrogen) atoms. The van der Waals surface area contributed by atoms with E-state index in [4.69, 9.17) is 9.97 Å². The molecule has 7 heteroatoms. The SMILES string of the molecule is C=Cc1c(/C=C\Cc2ccc(-n3c4c(c5ccccc53)CC(C)C=C4)nc2)n(-c2ccc(Sc3ccc(-n4c5ccccc5c5cc(-c6ccc(-n7c8ccccc8c8ccccc87)nc6)ccc54)cc3)cc2)c2ccccc12. The van der Waals surface area contributed by atoms with E-state index >= 15 is 0 Å². The molecular formula is C72H52N6S. The van der Waals surface area contributed by atoms with Crippen molar-refractivity contribution in [3.8, 4) is 34.1 Å². The number of rotatable bonds is 11. The Balaban J connectivity index is 0.677. The van der Waals surface area contributed by atoms with E-state index in [0.29, 0.717) is 5.92 Å². The van der Waals surface area contributed by atoms with Crippen LogP contribution in [0.4, 0.5) is 0 Å². The van der Waals surface area contributed by atoms with Crippen LogP contribution in [-0.2, 0) is 12.8 Å². The van der Waals surface area contributed by atoms with Crippen LogP contribution in [0, 0.1) is 5.92 Å². The third kappa shape index (κ3) is 7.87. The molecule has 1 atom stereocenters. The van der Waals surface area contributed by atoms with Gasteiger partial charge in [0, 0.05) is 77.0 Å². The number of fused-ring (bicyclic) bond motifs is 10. The molecule has 1 aliphatic carbocycles. The van der Waals surface area contributed by atoms with Crippen molar-refractivity contribution in [3.05, 3.63) is 272 Å². The summed E-state index contributed by atoms with van der Waals surface area (Å²) in [5.41, 5.74) is 17.5. The maximum absolute atomic E-state index is 5.05. The Hall–Kier alpha value is -9.69. The smallest absolute Gasteiger partial charge is 0.137 e. The molecule has 8 aromatic carbocycles. The van der Waals surface area contributed by atoms with Crippen molar-refractivity contribution >= 4 is 95.4 Å². The average molecular weight is 1030 g/mol. The van der Waals surface area contributed by atoms with Gasteiger partial charge in [0.05, 0.1) is 44.5 Å². The van der Waals surface area contributed by atoms with Gasteiger partial charge in [0.2, 0.25) is 0 Å². The van der Waals surface area contributed by atoms with Gasteiger partial charge in [0.1, 0.15) is 11.6 Å². The maximum atomic E-state index is 5.05. The van der Waals surface area contributed by atoms with Crippen LogP contribution in [0.2, 0.25) is 0 Å². The largest absolute Gasteiger partial charge is 0.309 e. The normalized spacial score (nSPS) is 13.5. The van der Waals surface area contributed by atoms with Crippen LogP contribution in [0.3, 0.4) is 0 Å². The lowest BCUT2D eigenvalue weighted by Crippen LogP contribution is -2.06. The van der Waals surface area contributed by atoms with Gasteiger partial charge in [0.15, 0.2) is 0 Å². The molecular weight excluding hydrogens is 981 g/mol. The highest BCUT2D eigenvalue weighted by Crippen LogP contribution is 2.40. The van der Waals surface area contributed by atoms with Gasteiger partial charge < -0.3 is 9.13 Å². The van der Waals surface area contributed by atoms with E-state index in [1.54, 1.807) is 11.8 Å². The average Bonchev–Trinajstić information content (AvgIpc) is 4.40. The number of allylic oxidation sites excluding steroid dienone is 2. The van der Waals surface area contributed by atoms with Gasteiger partial charge in [-0.15, -0.1) is 0 Å². The van der Waals surface area contributed by atoms with Gasteiger partial charge in [-0.1, -0.05) is 147 Å². The molecule has 376 valence electrons. The van der Waals surface area contributed by atoms with E-state index in [1.165, 1.54) is 69.9 Å². The fraction of sp³-hybridized carbons (Fsp3) is 0.0556. The molecule has 15 rings (SSSR count). The Kier molecular flexibility index (Phi) is 11.3. The van der Waals surface area contributed by atoms with Gasteiger partial charge >= 0.3 is 0 Å². The van der Waals surface area contributed by atoms with Crippen molar-refractivity contribution in [2.24, 2.45) is 5.92 Å². The minimum Gasteiger partial charge on any atom is -0.309 e. The third-order valence-electron chi connectivity index (χ3n) is 15.9. The minimum atomic E-state index is 0.524. The lowest BCUT2D eigenvalue weighted by Gasteiger charge is -2.15. The number of hydrogen-bond acceptors (Lipinski definition) is 3. The predicted octanol–water partition coefficient (Wildman–Crippen LogP) is 18.5. The number of aromatic nitrogens is 6. The number of hydrogen-bond donors (Lipinski definition) is 0. The van der Waals surface area contributed by atoms with E-state index in [9.17, 15) is 0 Å². The van der Waals surface area contributed by atoms with Crippen molar-refractivity contribution in [2.75, 3.05) is 0 Å². The minimum absolute atomic E-state index is 0.524. The molecule has 6 heterocycles. The third-order valence-corrected chi connectivity index (χ3v) is 17.0. The standard InChI is InChI=1S/C72H52N6S/c1-3-55-56-16-4-9-21-64(56)75(63(55)26-14-15-48-28-41-71(73-45-48)78-68-25-13-8-19-59(68)61-43-47(2)27-39-70(61)78)51-31-35-53(36-32-51)79-54-37-33-52(34-38-54)76-65-22-10-7-20-60(65)62-44-49(29-40-69(62)76)50-30-42-72(74-46-50)77-66-23-11-5-17-57(66)58-18-6-12-24-67(58)77/h3-14,16-42,44-47H,1,15,43H2,2H3/b26-14-. The zero-order valence-corrected chi connectivity index (χ0v) is 44.4. The van der Waals surface area contributed by atoms with E-state index in [1.807, 2.05) is 18.5 Å². The number of benzene rings is 8. The summed E-state index contributed by atoms with van der Waals surface area (Å²) >= 11 is 1.77. The van der Waals surface area contributed by atoms with Gasteiger partial charge in [-0.3, -0.25) is 9.13 Å².